The van der Waals surface area contributed by atoms with Crippen LogP contribution in [0, 0.1) is 0 Å². The van der Waals surface area contributed by atoms with Gasteiger partial charge in [0, 0.05) is 5.39 Å². The third kappa shape index (κ3) is 3.29. The minimum atomic E-state index is -1.14. The van der Waals surface area contributed by atoms with Crippen molar-refractivity contribution >= 4 is 34.4 Å². The second-order valence-electron chi connectivity index (χ2n) is 4.24. The molecule has 1 aromatic carbocycles. The van der Waals surface area contributed by atoms with Crippen LogP contribution < -0.4 is 5.32 Å². The summed E-state index contributed by atoms with van der Waals surface area (Å²) in [6.07, 6.45) is 0. The van der Waals surface area contributed by atoms with Gasteiger partial charge in [-0.05, 0) is 12.1 Å². The van der Waals surface area contributed by atoms with Crippen LogP contribution in [0.4, 0.5) is 0 Å². The average Bonchev–Trinajstić information content (AvgIpc) is 2.51. The Morgan fingerprint density at radius 1 is 1.43 bits per heavy atom. The molecule has 0 aliphatic heterocycles. The van der Waals surface area contributed by atoms with E-state index in [1.54, 1.807) is 18.2 Å². The fourth-order valence-corrected chi connectivity index (χ4v) is 2.07. The minimum Gasteiger partial charge on any atom is -0.467 e. The van der Waals surface area contributed by atoms with E-state index in [1.807, 2.05) is 6.07 Å². The lowest BCUT2D eigenvalue weighted by Gasteiger charge is -2.13. The van der Waals surface area contributed by atoms with Gasteiger partial charge < -0.3 is 15.2 Å². The second kappa shape index (κ2) is 6.51. The number of esters is 1. The van der Waals surface area contributed by atoms with Gasteiger partial charge >= 0.3 is 5.97 Å². The largest absolute Gasteiger partial charge is 0.467 e. The standard InChI is InChI=1S/C14H13ClN2O4/c1-21-14(20)12(7-18)17-13(19)11-6-9(15)8-4-2-3-5-10(8)16-11/h2-6,12,18H,7H2,1H3,(H,17,19). The molecule has 2 rings (SSSR count). The van der Waals surface area contributed by atoms with E-state index in [1.165, 1.54) is 13.2 Å². The molecule has 110 valence electrons. The molecule has 0 aliphatic carbocycles. The monoisotopic (exact) mass is 308 g/mol. The van der Waals surface area contributed by atoms with Gasteiger partial charge in [0.15, 0.2) is 6.04 Å². The van der Waals surface area contributed by atoms with Crippen molar-refractivity contribution in [1.29, 1.82) is 0 Å². The summed E-state index contributed by atoms with van der Waals surface area (Å²) in [6, 6.07) is 7.37. The number of methoxy groups -OCH3 is 1. The summed E-state index contributed by atoms with van der Waals surface area (Å²) in [7, 11) is 1.17. The number of para-hydroxylation sites is 1. The molecule has 1 amide bonds. The molecule has 0 aliphatic rings. The van der Waals surface area contributed by atoms with E-state index in [0.29, 0.717) is 10.5 Å². The highest BCUT2D eigenvalue weighted by Gasteiger charge is 2.22. The number of carbonyl (C=O) groups excluding carboxylic acids is 2. The van der Waals surface area contributed by atoms with Crippen LogP contribution >= 0.6 is 11.6 Å². The number of nitrogens with one attached hydrogen (secondary N) is 1. The topological polar surface area (TPSA) is 88.5 Å². The molecule has 1 atom stereocenters. The van der Waals surface area contributed by atoms with Crippen LogP contribution in [-0.2, 0) is 9.53 Å². The highest BCUT2D eigenvalue weighted by molar-refractivity contribution is 6.35. The summed E-state index contributed by atoms with van der Waals surface area (Å²) < 4.78 is 4.47. The molecule has 0 radical (unpaired) electrons. The van der Waals surface area contributed by atoms with Crippen molar-refractivity contribution in [3.8, 4) is 0 Å². The van der Waals surface area contributed by atoms with Crippen LogP contribution in [0.1, 0.15) is 10.5 Å². The third-order valence-corrected chi connectivity index (χ3v) is 3.18. The second-order valence-corrected chi connectivity index (χ2v) is 4.65. The van der Waals surface area contributed by atoms with Gasteiger partial charge in [-0.25, -0.2) is 9.78 Å². The lowest BCUT2D eigenvalue weighted by atomic mass is 10.2. The number of halogens is 1. The summed E-state index contributed by atoms with van der Waals surface area (Å²) >= 11 is 6.11. The van der Waals surface area contributed by atoms with Crippen LogP contribution in [0.5, 0.6) is 0 Å². The quantitative estimate of drug-likeness (QED) is 0.827. The first-order chi connectivity index (χ1) is 10.1. The molecule has 0 spiro atoms. The highest BCUT2D eigenvalue weighted by atomic mass is 35.5. The fraction of sp³-hybridized carbons (Fsp3) is 0.214. The number of benzene rings is 1. The minimum absolute atomic E-state index is 0.0565. The Labute approximate surface area is 125 Å². The molecule has 2 N–H and O–H groups in total. The van der Waals surface area contributed by atoms with Crippen molar-refractivity contribution < 1.29 is 19.4 Å². The van der Waals surface area contributed by atoms with Gasteiger partial charge in [0.05, 0.1) is 24.3 Å². The number of amides is 1. The van der Waals surface area contributed by atoms with Gasteiger partial charge in [-0.2, -0.15) is 0 Å². The Balaban J connectivity index is 2.29. The number of aliphatic hydroxyl groups is 1. The van der Waals surface area contributed by atoms with Gasteiger partial charge in [-0.15, -0.1) is 0 Å². The van der Waals surface area contributed by atoms with Crippen molar-refractivity contribution in [3.05, 3.63) is 41.0 Å². The molecule has 0 bridgehead atoms. The SMILES string of the molecule is COC(=O)C(CO)NC(=O)c1cc(Cl)c2ccccc2n1. The molecule has 7 heteroatoms. The average molecular weight is 309 g/mol. The Hall–Kier alpha value is -2.18. The number of rotatable bonds is 4. The zero-order valence-electron chi connectivity index (χ0n) is 11.2. The molecule has 6 nitrogen and oxygen atoms in total. The Kier molecular flexibility index (Phi) is 4.72. The summed E-state index contributed by atoms with van der Waals surface area (Å²) in [5.74, 6) is -1.36. The predicted octanol–water partition coefficient (Wildman–Crippen LogP) is 1.15. The maximum atomic E-state index is 12.1. The van der Waals surface area contributed by atoms with Gasteiger partial charge in [0.1, 0.15) is 5.69 Å². The van der Waals surface area contributed by atoms with Crippen LogP contribution in [0.15, 0.2) is 30.3 Å². The molecule has 2 aromatic rings. The fourth-order valence-electron chi connectivity index (χ4n) is 1.80. The third-order valence-electron chi connectivity index (χ3n) is 2.87. The number of hydrogen-bond acceptors (Lipinski definition) is 5. The lowest BCUT2D eigenvalue weighted by Crippen LogP contribution is -2.44. The first kappa shape index (κ1) is 15.2. The molecule has 21 heavy (non-hydrogen) atoms. The maximum absolute atomic E-state index is 12.1. The first-order valence-electron chi connectivity index (χ1n) is 6.11. The normalized spacial score (nSPS) is 12.0. The van der Waals surface area contributed by atoms with Crippen LogP contribution in [0.2, 0.25) is 5.02 Å². The predicted molar refractivity (Wildman–Crippen MR) is 77.1 cm³/mol. The Morgan fingerprint density at radius 3 is 2.81 bits per heavy atom. The molecule has 0 saturated carbocycles. The van der Waals surface area contributed by atoms with E-state index in [9.17, 15) is 9.59 Å². The Morgan fingerprint density at radius 2 is 2.14 bits per heavy atom. The lowest BCUT2D eigenvalue weighted by molar-refractivity contribution is -0.143. The number of nitrogens with zero attached hydrogens (tertiary/aromatic N) is 1. The van der Waals surface area contributed by atoms with Gasteiger partial charge in [-0.1, -0.05) is 29.8 Å². The van der Waals surface area contributed by atoms with Gasteiger partial charge in [0.2, 0.25) is 0 Å². The molecular formula is C14H13ClN2O4. The van der Waals surface area contributed by atoms with E-state index in [-0.39, 0.29) is 5.69 Å². The van der Waals surface area contributed by atoms with E-state index in [0.717, 1.165) is 5.39 Å². The molecule has 0 saturated heterocycles. The summed E-state index contributed by atoms with van der Waals surface area (Å²) in [5.41, 5.74) is 0.620. The van der Waals surface area contributed by atoms with E-state index < -0.39 is 24.5 Å². The summed E-state index contributed by atoms with van der Waals surface area (Å²) in [6.45, 7) is -0.570. The zero-order valence-corrected chi connectivity index (χ0v) is 11.9. The van der Waals surface area contributed by atoms with Crippen molar-refractivity contribution in [2.24, 2.45) is 0 Å². The first-order valence-corrected chi connectivity index (χ1v) is 6.49. The van der Waals surface area contributed by atoms with Crippen molar-refractivity contribution in [2.45, 2.75) is 6.04 Å². The van der Waals surface area contributed by atoms with Gasteiger partial charge in [0.25, 0.3) is 5.91 Å². The van der Waals surface area contributed by atoms with Gasteiger partial charge in [-0.3, -0.25) is 4.79 Å². The van der Waals surface area contributed by atoms with E-state index in [4.69, 9.17) is 16.7 Å². The molecule has 1 unspecified atom stereocenters. The number of ether oxygens (including phenoxy) is 1. The van der Waals surface area contributed by atoms with Crippen LogP contribution in [0.25, 0.3) is 10.9 Å². The number of aromatic nitrogens is 1. The van der Waals surface area contributed by atoms with Crippen molar-refractivity contribution in [3.63, 3.8) is 0 Å². The molecule has 0 fully saturated rings. The molecule has 1 aromatic heterocycles. The molecule has 1 heterocycles. The highest BCUT2D eigenvalue weighted by Crippen LogP contribution is 2.22. The van der Waals surface area contributed by atoms with E-state index >= 15 is 0 Å². The van der Waals surface area contributed by atoms with Crippen LogP contribution in [-0.4, -0.2) is 41.7 Å². The number of aliphatic hydroxyl groups excluding tert-OH is 1. The number of carbonyl (C=O) groups is 2. The summed E-state index contributed by atoms with van der Waals surface area (Å²) in [5, 5.41) is 12.5. The van der Waals surface area contributed by atoms with Crippen LogP contribution in [0.3, 0.4) is 0 Å². The zero-order chi connectivity index (χ0) is 15.4. The molecular weight excluding hydrogens is 296 g/mol. The van der Waals surface area contributed by atoms with Crippen molar-refractivity contribution in [1.82, 2.24) is 10.3 Å². The number of hydrogen-bond donors (Lipinski definition) is 2. The number of pyridine rings is 1. The smallest absolute Gasteiger partial charge is 0.330 e. The van der Waals surface area contributed by atoms with Crippen molar-refractivity contribution in [2.75, 3.05) is 13.7 Å². The maximum Gasteiger partial charge on any atom is 0.330 e. The number of fused-ring (bicyclic) bond motifs is 1. The summed E-state index contributed by atoms with van der Waals surface area (Å²) in [4.78, 5) is 27.6. The Bertz CT molecular complexity index is 690. The van der Waals surface area contributed by atoms with E-state index in [2.05, 4.69) is 15.0 Å².